The van der Waals surface area contributed by atoms with Crippen molar-refractivity contribution < 1.29 is 14.4 Å². The predicted molar refractivity (Wildman–Crippen MR) is 84.3 cm³/mol. The molecule has 1 aliphatic heterocycles. The van der Waals surface area contributed by atoms with Crippen LogP contribution < -0.4 is 0 Å². The summed E-state index contributed by atoms with van der Waals surface area (Å²) in [5.41, 5.74) is 1.53. The molecule has 0 aliphatic carbocycles. The summed E-state index contributed by atoms with van der Waals surface area (Å²) in [6, 6.07) is 7.23. The van der Waals surface area contributed by atoms with Gasteiger partial charge >= 0.3 is 5.97 Å². The molecule has 6 nitrogen and oxygen atoms in total. The SMILES string of the molecule is CCc1noc(CN2CCC[C@@H](c3ccc(C(=O)O)cc3)C2)n1. The maximum atomic E-state index is 10.9. The largest absolute Gasteiger partial charge is 0.478 e. The molecular formula is C17H21N3O3. The van der Waals surface area contributed by atoms with E-state index in [9.17, 15) is 4.79 Å². The lowest BCUT2D eigenvalue weighted by Gasteiger charge is -2.32. The second kappa shape index (κ2) is 6.91. The molecule has 1 aliphatic rings. The van der Waals surface area contributed by atoms with Crippen LogP contribution >= 0.6 is 0 Å². The molecule has 0 unspecified atom stereocenters. The van der Waals surface area contributed by atoms with E-state index in [1.807, 2.05) is 19.1 Å². The first-order valence-electron chi connectivity index (χ1n) is 8.02. The van der Waals surface area contributed by atoms with Crippen LogP contribution in [0.4, 0.5) is 0 Å². The summed E-state index contributed by atoms with van der Waals surface area (Å²) in [7, 11) is 0. The number of aromatic nitrogens is 2. The number of rotatable bonds is 5. The Morgan fingerprint density at radius 1 is 1.39 bits per heavy atom. The van der Waals surface area contributed by atoms with Gasteiger partial charge in [-0.1, -0.05) is 24.2 Å². The predicted octanol–water partition coefficient (Wildman–Crippen LogP) is 2.71. The van der Waals surface area contributed by atoms with Gasteiger partial charge in [-0.3, -0.25) is 4.90 Å². The highest BCUT2D eigenvalue weighted by Crippen LogP contribution is 2.27. The number of likely N-dealkylation sites (tertiary alicyclic amines) is 1. The second-order valence-electron chi connectivity index (χ2n) is 5.96. The summed E-state index contributed by atoms with van der Waals surface area (Å²) in [6.07, 6.45) is 3.01. The highest BCUT2D eigenvalue weighted by molar-refractivity contribution is 5.87. The van der Waals surface area contributed by atoms with Crippen LogP contribution in [0.5, 0.6) is 0 Å². The molecule has 1 saturated heterocycles. The van der Waals surface area contributed by atoms with Gasteiger partial charge in [0.25, 0.3) is 0 Å². The molecule has 0 saturated carbocycles. The number of aromatic carboxylic acids is 1. The molecule has 6 heteroatoms. The smallest absolute Gasteiger partial charge is 0.335 e. The van der Waals surface area contributed by atoms with Crippen LogP contribution in [0.25, 0.3) is 0 Å². The van der Waals surface area contributed by atoms with Crippen LogP contribution in [0, 0.1) is 0 Å². The molecule has 23 heavy (non-hydrogen) atoms. The zero-order chi connectivity index (χ0) is 16.2. The van der Waals surface area contributed by atoms with Gasteiger partial charge in [0.2, 0.25) is 5.89 Å². The Morgan fingerprint density at radius 2 is 2.17 bits per heavy atom. The minimum absolute atomic E-state index is 0.333. The van der Waals surface area contributed by atoms with Gasteiger partial charge in [0.1, 0.15) is 0 Å². The third-order valence-corrected chi connectivity index (χ3v) is 4.32. The molecule has 122 valence electrons. The minimum atomic E-state index is -0.884. The average molecular weight is 315 g/mol. The van der Waals surface area contributed by atoms with Crippen molar-refractivity contribution in [1.82, 2.24) is 15.0 Å². The molecule has 1 fully saturated rings. The molecule has 2 heterocycles. The third kappa shape index (κ3) is 3.76. The van der Waals surface area contributed by atoms with Crippen molar-refractivity contribution in [3.8, 4) is 0 Å². The van der Waals surface area contributed by atoms with Gasteiger partial charge in [-0.25, -0.2) is 4.79 Å². The van der Waals surface area contributed by atoms with Crippen molar-refractivity contribution in [3.05, 3.63) is 47.1 Å². The molecule has 1 N–H and O–H groups in total. The molecular weight excluding hydrogens is 294 g/mol. The number of nitrogens with zero attached hydrogens (tertiary/aromatic N) is 3. The Labute approximate surface area is 135 Å². The Bertz CT molecular complexity index is 666. The summed E-state index contributed by atoms with van der Waals surface area (Å²) in [4.78, 5) is 17.6. The number of piperidine rings is 1. The first kappa shape index (κ1) is 15.7. The number of carboxylic acids is 1. The van der Waals surface area contributed by atoms with E-state index >= 15 is 0 Å². The highest BCUT2D eigenvalue weighted by Gasteiger charge is 2.23. The second-order valence-corrected chi connectivity index (χ2v) is 5.96. The maximum Gasteiger partial charge on any atom is 0.335 e. The standard InChI is InChI=1S/C17H21N3O3/c1-2-15-18-16(23-19-15)11-20-9-3-4-14(10-20)12-5-7-13(8-6-12)17(21)22/h5-8,14H,2-4,9-11H2,1H3,(H,21,22)/t14-/m1/s1. The molecule has 0 amide bonds. The fourth-order valence-corrected chi connectivity index (χ4v) is 3.06. The highest BCUT2D eigenvalue weighted by atomic mass is 16.5. The number of carbonyl (C=O) groups is 1. The van der Waals surface area contributed by atoms with Crippen LogP contribution in [-0.4, -0.2) is 39.2 Å². The number of hydrogen-bond donors (Lipinski definition) is 1. The van der Waals surface area contributed by atoms with Crippen molar-refractivity contribution in [1.29, 1.82) is 0 Å². The van der Waals surface area contributed by atoms with Gasteiger partial charge in [0.05, 0.1) is 12.1 Å². The van der Waals surface area contributed by atoms with E-state index in [0.29, 0.717) is 23.9 Å². The first-order chi connectivity index (χ1) is 11.2. The average Bonchev–Trinajstić information content (AvgIpc) is 3.03. The van der Waals surface area contributed by atoms with Crippen molar-refractivity contribution in [2.45, 2.75) is 38.6 Å². The lowest BCUT2D eigenvalue weighted by atomic mass is 9.90. The normalized spacial score (nSPS) is 18.9. The van der Waals surface area contributed by atoms with E-state index in [4.69, 9.17) is 9.63 Å². The monoisotopic (exact) mass is 315 g/mol. The van der Waals surface area contributed by atoms with Gasteiger partial charge in [0, 0.05) is 13.0 Å². The van der Waals surface area contributed by atoms with Crippen LogP contribution in [0.3, 0.4) is 0 Å². The number of hydrogen-bond acceptors (Lipinski definition) is 5. The zero-order valence-corrected chi connectivity index (χ0v) is 13.2. The number of carboxylic acid groups (broad SMARTS) is 1. The van der Waals surface area contributed by atoms with Crippen molar-refractivity contribution in [2.75, 3.05) is 13.1 Å². The molecule has 0 radical (unpaired) electrons. The van der Waals surface area contributed by atoms with E-state index < -0.39 is 5.97 Å². The Hall–Kier alpha value is -2.21. The third-order valence-electron chi connectivity index (χ3n) is 4.32. The van der Waals surface area contributed by atoms with E-state index in [-0.39, 0.29) is 0 Å². The molecule has 0 spiro atoms. The van der Waals surface area contributed by atoms with Crippen LogP contribution in [0.2, 0.25) is 0 Å². The Kier molecular flexibility index (Phi) is 4.71. The molecule has 0 bridgehead atoms. The summed E-state index contributed by atoms with van der Waals surface area (Å²) in [5.74, 6) is 0.951. The van der Waals surface area contributed by atoms with Gasteiger partial charge in [-0.05, 0) is 43.0 Å². The van der Waals surface area contributed by atoms with Crippen molar-refractivity contribution in [2.24, 2.45) is 0 Å². The van der Waals surface area contributed by atoms with E-state index in [2.05, 4.69) is 15.0 Å². The number of benzene rings is 1. The molecule has 1 atom stereocenters. The lowest BCUT2D eigenvalue weighted by Crippen LogP contribution is -2.34. The van der Waals surface area contributed by atoms with Gasteiger partial charge in [0.15, 0.2) is 5.82 Å². The van der Waals surface area contributed by atoms with Gasteiger partial charge in [-0.2, -0.15) is 4.98 Å². The minimum Gasteiger partial charge on any atom is -0.478 e. The van der Waals surface area contributed by atoms with Crippen LogP contribution in [0.1, 0.15) is 53.3 Å². The lowest BCUT2D eigenvalue weighted by molar-refractivity contribution is 0.0697. The first-order valence-corrected chi connectivity index (χ1v) is 8.02. The fraction of sp³-hybridized carbons (Fsp3) is 0.471. The summed E-state index contributed by atoms with van der Waals surface area (Å²) in [6.45, 7) is 4.63. The van der Waals surface area contributed by atoms with Gasteiger partial charge < -0.3 is 9.63 Å². The summed E-state index contributed by atoms with van der Waals surface area (Å²) in [5, 5.41) is 12.9. The van der Waals surface area contributed by atoms with Crippen LogP contribution in [-0.2, 0) is 13.0 Å². The van der Waals surface area contributed by atoms with E-state index in [1.165, 1.54) is 5.56 Å². The molecule has 1 aromatic carbocycles. The van der Waals surface area contributed by atoms with E-state index in [0.717, 1.165) is 38.2 Å². The van der Waals surface area contributed by atoms with Crippen molar-refractivity contribution in [3.63, 3.8) is 0 Å². The number of aryl methyl sites for hydroxylation is 1. The Balaban J connectivity index is 1.64. The molecule has 2 aromatic rings. The van der Waals surface area contributed by atoms with E-state index in [1.54, 1.807) is 12.1 Å². The summed E-state index contributed by atoms with van der Waals surface area (Å²) < 4.78 is 5.27. The Morgan fingerprint density at radius 3 is 2.83 bits per heavy atom. The topological polar surface area (TPSA) is 79.5 Å². The quantitative estimate of drug-likeness (QED) is 0.914. The van der Waals surface area contributed by atoms with Gasteiger partial charge in [-0.15, -0.1) is 0 Å². The van der Waals surface area contributed by atoms with Crippen LogP contribution in [0.15, 0.2) is 28.8 Å². The molecule has 3 rings (SSSR count). The fourth-order valence-electron chi connectivity index (χ4n) is 3.06. The van der Waals surface area contributed by atoms with Crippen molar-refractivity contribution >= 4 is 5.97 Å². The summed E-state index contributed by atoms with van der Waals surface area (Å²) >= 11 is 0. The maximum absolute atomic E-state index is 10.9. The molecule has 1 aromatic heterocycles. The zero-order valence-electron chi connectivity index (χ0n) is 13.2.